The lowest BCUT2D eigenvalue weighted by Crippen LogP contribution is -2.42. The van der Waals surface area contributed by atoms with Gasteiger partial charge in [0.05, 0.1) is 17.4 Å². The van der Waals surface area contributed by atoms with Crippen LogP contribution in [0.3, 0.4) is 0 Å². The van der Waals surface area contributed by atoms with Gasteiger partial charge in [-0.3, -0.25) is 4.90 Å². The van der Waals surface area contributed by atoms with Gasteiger partial charge in [0.2, 0.25) is 0 Å². The summed E-state index contributed by atoms with van der Waals surface area (Å²) >= 11 is 0. The summed E-state index contributed by atoms with van der Waals surface area (Å²) in [5.74, 6) is 0. The lowest BCUT2D eigenvalue weighted by atomic mass is 10.2. The first-order valence-electron chi connectivity index (χ1n) is 5.77. The maximum absolute atomic E-state index is 4.23. The van der Waals surface area contributed by atoms with Gasteiger partial charge in [-0.05, 0) is 17.7 Å². The van der Waals surface area contributed by atoms with Crippen molar-refractivity contribution < 1.29 is 0 Å². The van der Waals surface area contributed by atoms with Crippen molar-refractivity contribution in [3.8, 4) is 0 Å². The zero-order valence-electron chi connectivity index (χ0n) is 9.24. The third-order valence-electron chi connectivity index (χ3n) is 3.10. The summed E-state index contributed by atoms with van der Waals surface area (Å²) in [4.78, 5) is 9.86. The number of benzene rings is 1. The second-order valence-corrected chi connectivity index (χ2v) is 4.28. The molecule has 1 saturated heterocycles. The molecule has 1 aromatic heterocycles. The topological polar surface area (TPSA) is 44.0 Å². The highest BCUT2D eigenvalue weighted by atomic mass is 15.2. The molecule has 2 aromatic rings. The van der Waals surface area contributed by atoms with E-state index in [0.717, 1.165) is 43.8 Å². The zero-order valence-corrected chi connectivity index (χ0v) is 9.24. The minimum atomic E-state index is 1.04. The minimum absolute atomic E-state index is 1.04. The molecule has 1 aromatic carbocycles. The van der Waals surface area contributed by atoms with Crippen LogP contribution in [0.2, 0.25) is 0 Å². The number of rotatable bonds is 2. The van der Waals surface area contributed by atoms with Crippen LogP contribution in [0.1, 0.15) is 5.56 Å². The largest absolute Gasteiger partial charge is 0.345 e. The number of hydrogen-bond acceptors (Lipinski definition) is 3. The summed E-state index contributed by atoms with van der Waals surface area (Å²) < 4.78 is 0. The van der Waals surface area contributed by atoms with E-state index < -0.39 is 0 Å². The van der Waals surface area contributed by atoms with E-state index in [4.69, 9.17) is 0 Å². The number of H-pyrrole nitrogens is 1. The molecule has 0 aliphatic carbocycles. The Kier molecular flexibility index (Phi) is 2.60. The number of aromatic nitrogens is 2. The number of imidazole rings is 1. The van der Waals surface area contributed by atoms with E-state index in [9.17, 15) is 0 Å². The van der Waals surface area contributed by atoms with Crippen LogP contribution in [-0.4, -0.2) is 41.0 Å². The molecule has 0 amide bonds. The quantitative estimate of drug-likeness (QED) is 0.786. The maximum atomic E-state index is 4.23. The van der Waals surface area contributed by atoms with Crippen LogP contribution < -0.4 is 5.32 Å². The predicted molar refractivity (Wildman–Crippen MR) is 64.2 cm³/mol. The Labute approximate surface area is 94.7 Å². The molecule has 4 nitrogen and oxygen atoms in total. The maximum Gasteiger partial charge on any atom is 0.0931 e. The Morgan fingerprint density at radius 2 is 2.12 bits per heavy atom. The van der Waals surface area contributed by atoms with Gasteiger partial charge in [-0.15, -0.1) is 0 Å². The molecule has 0 radical (unpaired) electrons. The van der Waals surface area contributed by atoms with Crippen LogP contribution in [0.25, 0.3) is 11.0 Å². The minimum Gasteiger partial charge on any atom is -0.345 e. The monoisotopic (exact) mass is 216 g/mol. The van der Waals surface area contributed by atoms with Crippen LogP contribution >= 0.6 is 0 Å². The van der Waals surface area contributed by atoms with E-state index in [0.29, 0.717) is 0 Å². The number of nitrogens with one attached hydrogen (secondary N) is 2. The summed E-state index contributed by atoms with van der Waals surface area (Å²) in [6, 6.07) is 6.46. The van der Waals surface area contributed by atoms with Crippen LogP contribution in [0.5, 0.6) is 0 Å². The summed E-state index contributed by atoms with van der Waals surface area (Å²) in [5, 5.41) is 3.37. The van der Waals surface area contributed by atoms with E-state index in [1.165, 1.54) is 5.56 Å². The highest BCUT2D eigenvalue weighted by molar-refractivity contribution is 5.74. The third-order valence-corrected chi connectivity index (χ3v) is 3.10. The second-order valence-electron chi connectivity index (χ2n) is 4.28. The van der Waals surface area contributed by atoms with Crippen molar-refractivity contribution in [3.63, 3.8) is 0 Å². The van der Waals surface area contributed by atoms with Gasteiger partial charge in [0.1, 0.15) is 0 Å². The number of fused-ring (bicyclic) bond motifs is 1. The van der Waals surface area contributed by atoms with Gasteiger partial charge in [-0.25, -0.2) is 4.98 Å². The van der Waals surface area contributed by atoms with Gasteiger partial charge >= 0.3 is 0 Å². The zero-order chi connectivity index (χ0) is 10.8. The van der Waals surface area contributed by atoms with Crippen molar-refractivity contribution in [2.45, 2.75) is 6.54 Å². The average Bonchev–Trinajstić information content (AvgIpc) is 2.77. The fourth-order valence-electron chi connectivity index (χ4n) is 2.21. The average molecular weight is 216 g/mol. The molecule has 1 fully saturated rings. The smallest absolute Gasteiger partial charge is 0.0931 e. The van der Waals surface area contributed by atoms with Gasteiger partial charge < -0.3 is 10.3 Å². The molecule has 0 atom stereocenters. The Bertz CT molecular complexity index is 471. The predicted octanol–water partition coefficient (Wildman–Crippen LogP) is 0.968. The molecule has 0 spiro atoms. The Hall–Kier alpha value is -1.39. The Morgan fingerprint density at radius 3 is 3.00 bits per heavy atom. The Balaban J connectivity index is 1.77. The van der Waals surface area contributed by atoms with Crippen LogP contribution in [0.15, 0.2) is 24.5 Å². The van der Waals surface area contributed by atoms with Gasteiger partial charge in [0.25, 0.3) is 0 Å². The molecular weight excluding hydrogens is 200 g/mol. The molecule has 16 heavy (non-hydrogen) atoms. The summed E-state index contributed by atoms with van der Waals surface area (Å²) in [6.07, 6.45) is 1.75. The van der Waals surface area contributed by atoms with Crippen LogP contribution in [-0.2, 0) is 6.54 Å². The summed E-state index contributed by atoms with van der Waals surface area (Å²) in [5.41, 5.74) is 3.54. The van der Waals surface area contributed by atoms with E-state index >= 15 is 0 Å². The highest BCUT2D eigenvalue weighted by Gasteiger charge is 2.10. The van der Waals surface area contributed by atoms with Gasteiger partial charge in [-0.1, -0.05) is 6.07 Å². The molecule has 0 unspecified atom stereocenters. The first kappa shape index (κ1) is 9.81. The van der Waals surface area contributed by atoms with E-state index in [1.807, 2.05) is 0 Å². The fourth-order valence-corrected chi connectivity index (χ4v) is 2.21. The van der Waals surface area contributed by atoms with Crippen LogP contribution in [0.4, 0.5) is 0 Å². The Morgan fingerprint density at radius 1 is 1.25 bits per heavy atom. The van der Waals surface area contributed by atoms with Crippen molar-refractivity contribution in [3.05, 3.63) is 30.1 Å². The van der Waals surface area contributed by atoms with E-state index in [2.05, 4.69) is 38.4 Å². The molecule has 1 aliphatic rings. The SMILES string of the molecule is c1nc2ccc(CN3CCNCC3)cc2[nH]1. The molecule has 0 bridgehead atoms. The third kappa shape index (κ3) is 1.94. The van der Waals surface area contributed by atoms with Crippen molar-refractivity contribution in [2.75, 3.05) is 26.2 Å². The molecule has 2 heterocycles. The van der Waals surface area contributed by atoms with Gasteiger partial charge in [-0.2, -0.15) is 0 Å². The molecule has 4 heteroatoms. The molecule has 2 N–H and O–H groups in total. The lowest BCUT2D eigenvalue weighted by molar-refractivity contribution is 0.233. The van der Waals surface area contributed by atoms with Crippen molar-refractivity contribution in [2.24, 2.45) is 0 Å². The fraction of sp³-hybridized carbons (Fsp3) is 0.417. The first-order valence-corrected chi connectivity index (χ1v) is 5.77. The van der Waals surface area contributed by atoms with E-state index in [1.54, 1.807) is 6.33 Å². The van der Waals surface area contributed by atoms with Crippen molar-refractivity contribution >= 4 is 11.0 Å². The number of aromatic amines is 1. The molecule has 1 aliphatic heterocycles. The molecule has 84 valence electrons. The summed E-state index contributed by atoms with van der Waals surface area (Å²) in [7, 11) is 0. The normalized spacial score (nSPS) is 18.0. The van der Waals surface area contributed by atoms with Crippen molar-refractivity contribution in [1.82, 2.24) is 20.2 Å². The lowest BCUT2D eigenvalue weighted by Gasteiger charge is -2.27. The van der Waals surface area contributed by atoms with Gasteiger partial charge in [0, 0.05) is 32.7 Å². The van der Waals surface area contributed by atoms with Gasteiger partial charge in [0.15, 0.2) is 0 Å². The molecule has 0 saturated carbocycles. The number of nitrogens with zero attached hydrogens (tertiary/aromatic N) is 2. The number of hydrogen-bond donors (Lipinski definition) is 2. The molecular formula is C12H16N4. The standard InChI is InChI=1S/C12H16N4/c1-2-11-12(15-9-14-11)7-10(1)8-16-5-3-13-4-6-16/h1-2,7,9,13H,3-6,8H2,(H,14,15). The first-order chi connectivity index (χ1) is 7.92. The van der Waals surface area contributed by atoms with Crippen LogP contribution in [0, 0.1) is 0 Å². The van der Waals surface area contributed by atoms with E-state index in [-0.39, 0.29) is 0 Å². The number of piperazine rings is 1. The molecule has 3 rings (SSSR count). The second kappa shape index (κ2) is 4.23. The summed E-state index contributed by atoms with van der Waals surface area (Å²) in [6.45, 7) is 5.53. The highest BCUT2D eigenvalue weighted by Crippen LogP contribution is 2.13. The van der Waals surface area contributed by atoms with Crippen molar-refractivity contribution in [1.29, 1.82) is 0 Å².